The van der Waals surface area contributed by atoms with Gasteiger partial charge in [-0.3, -0.25) is 25.0 Å². The maximum atomic E-state index is 12.6. The number of Topliss-reactive ketones (excluding diaryl/α,β-unsaturated/α-hetero) is 1. The fraction of sp³-hybridized carbons (Fsp3) is 0.0476. The predicted molar refractivity (Wildman–Crippen MR) is 108 cm³/mol. The van der Waals surface area contributed by atoms with E-state index in [1.165, 1.54) is 61.7 Å². The van der Waals surface area contributed by atoms with Crippen LogP contribution in [0.25, 0.3) is 17.4 Å². The van der Waals surface area contributed by atoms with Crippen LogP contribution < -0.4 is 4.74 Å². The molecule has 3 aromatic rings. The van der Waals surface area contributed by atoms with Crippen LogP contribution in [0, 0.1) is 31.6 Å². The summed E-state index contributed by atoms with van der Waals surface area (Å²) in [5, 5.41) is 31.7. The summed E-state index contributed by atoms with van der Waals surface area (Å²) >= 11 is 0. The second kappa shape index (κ2) is 8.71. The Hall–Kier alpha value is -4.78. The Bertz CT molecular complexity index is 1270. The van der Waals surface area contributed by atoms with Gasteiger partial charge in [0, 0.05) is 23.8 Å². The zero-order valence-electron chi connectivity index (χ0n) is 16.0. The van der Waals surface area contributed by atoms with Gasteiger partial charge in [-0.1, -0.05) is 12.1 Å². The van der Waals surface area contributed by atoms with Gasteiger partial charge in [0.15, 0.2) is 0 Å². The third-order valence-electron chi connectivity index (χ3n) is 4.26. The first kappa shape index (κ1) is 20.9. The van der Waals surface area contributed by atoms with Crippen molar-refractivity contribution in [2.24, 2.45) is 0 Å². The molecule has 31 heavy (non-hydrogen) atoms. The third kappa shape index (κ3) is 4.46. The van der Waals surface area contributed by atoms with Crippen molar-refractivity contribution in [3.05, 3.63) is 91.7 Å². The lowest BCUT2D eigenvalue weighted by Gasteiger charge is -2.03. The number of furan rings is 1. The average molecular weight is 419 g/mol. The van der Waals surface area contributed by atoms with Crippen LogP contribution in [0.5, 0.6) is 5.75 Å². The lowest BCUT2D eigenvalue weighted by molar-refractivity contribution is -0.384. The highest BCUT2D eigenvalue weighted by Gasteiger charge is 2.20. The Morgan fingerprint density at radius 2 is 1.87 bits per heavy atom. The number of nitrogens with zero attached hydrogens (tertiary/aromatic N) is 3. The number of rotatable bonds is 7. The molecule has 0 radical (unpaired) electrons. The predicted octanol–water partition coefficient (Wildman–Crippen LogP) is 4.56. The van der Waals surface area contributed by atoms with Crippen LogP contribution in [-0.4, -0.2) is 22.7 Å². The van der Waals surface area contributed by atoms with Crippen LogP contribution in [0.4, 0.5) is 11.4 Å². The summed E-state index contributed by atoms with van der Waals surface area (Å²) in [4.78, 5) is 33.6. The number of non-ortho nitro benzene ring substituents is 1. The van der Waals surface area contributed by atoms with E-state index >= 15 is 0 Å². The monoisotopic (exact) mass is 419 g/mol. The van der Waals surface area contributed by atoms with E-state index in [9.17, 15) is 30.3 Å². The van der Waals surface area contributed by atoms with Gasteiger partial charge in [-0.15, -0.1) is 0 Å². The number of carbonyl (C=O) groups excluding carboxylic acids is 1. The molecule has 0 amide bonds. The Kier molecular flexibility index (Phi) is 5.88. The Morgan fingerprint density at radius 3 is 2.52 bits per heavy atom. The SMILES string of the molecule is COc1ccc(-c2ccc(/C=C(\C#N)C(=O)c3cccc([N+](=O)[O-])c3)o2)c([N+](=O)[O-])c1. The normalized spacial score (nSPS) is 10.9. The van der Waals surface area contributed by atoms with Crippen LogP contribution >= 0.6 is 0 Å². The van der Waals surface area contributed by atoms with Crippen LogP contribution in [0.1, 0.15) is 16.1 Å². The number of ether oxygens (including phenoxy) is 1. The third-order valence-corrected chi connectivity index (χ3v) is 4.26. The van der Waals surface area contributed by atoms with Crippen molar-refractivity contribution in [3.8, 4) is 23.1 Å². The number of ketones is 1. The minimum Gasteiger partial charge on any atom is -0.497 e. The first-order valence-corrected chi connectivity index (χ1v) is 8.67. The molecule has 0 bridgehead atoms. The topological polar surface area (TPSA) is 150 Å². The van der Waals surface area contributed by atoms with Gasteiger partial charge in [-0.2, -0.15) is 5.26 Å². The van der Waals surface area contributed by atoms with Gasteiger partial charge in [-0.25, -0.2) is 0 Å². The van der Waals surface area contributed by atoms with E-state index < -0.39 is 15.6 Å². The van der Waals surface area contributed by atoms with Gasteiger partial charge < -0.3 is 9.15 Å². The van der Waals surface area contributed by atoms with E-state index in [1.807, 2.05) is 0 Å². The quantitative estimate of drug-likeness (QED) is 0.178. The summed E-state index contributed by atoms with van der Waals surface area (Å²) in [7, 11) is 1.39. The van der Waals surface area contributed by atoms with E-state index in [4.69, 9.17) is 9.15 Å². The lowest BCUT2D eigenvalue weighted by atomic mass is 10.0. The molecule has 10 heteroatoms. The van der Waals surface area contributed by atoms with E-state index in [0.717, 1.165) is 6.07 Å². The summed E-state index contributed by atoms with van der Waals surface area (Å²) in [5.41, 5.74) is -0.674. The van der Waals surface area contributed by atoms with Crippen LogP contribution in [0.3, 0.4) is 0 Å². The molecule has 154 valence electrons. The number of carbonyl (C=O) groups is 1. The smallest absolute Gasteiger partial charge is 0.284 e. The first-order valence-electron chi connectivity index (χ1n) is 8.67. The molecule has 3 rings (SSSR count). The highest BCUT2D eigenvalue weighted by atomic mass is 16.6. The molecule has 2 aromatic carbocycles. The van der Waals surface area contributed by atoms with Gasteiger partial charge in [0.2, 0.25) is 5.78 Å². The number of benzene rings is 2. The van der Waals surface area contributed by atoms with Crippen molar-refractivity contribution in [3.63, 3.8) is 0 Å². The summed E-state index contributed by atoms with van der Waals surface area (Å²) < 4.78 is 10.6. The molecule has 0 saturated heterocycles. The molecule has 0 aliphatic heterocycles. The van der Waals surface area contributed by atoms with Gasteiger partial charge in [0.1, 0.15) is 28.9 Å². The minimum absolute atomic E-state index is 0.0282. The van der Waals surface area contributed by atoms with Crippen molar-refractivity contribution < 1.29 is 23.8 Å². The molecule has 0 aliphatic rings. The van der Waals surface area contributed by atoms with Gasteiger partial charge in [-0.05, 0) is 24.3 Å². The number of hydrogen-bond acceptors (Lipinski definition) is 8. The van der Waals surface area contributed by atoms with Crippen molar-refractivity contribution >= 4 is 23.2 Å². The zero-order valence-corrected chi connectivity index (χ0v) is 16.0. The Labute approximate surface area is 174 Å². The molecule has 0 aliphatic carbocycles. The van der Waals surface area contributed by atoms with Gasteiger partial charge in [0.05, 0.1) is 28.6 Å². The Morgan fingerprint density at radius 1 is 1.10 bits per heavy atom. The number of nitriles is 1. The van der Waals surface area contributed by atoms with E-state index in [0.29, 0.717) is 5.75 Å². The van der Waals surface area contributed by atoms with E-state index in [2.05, 4.69) is 0 Å². The fourth-order valence-electron chi connectivity index (χ4n) is 2.78. The van der Waals surface area contributed by atoms with Crippen LogP contribution in [0.15, 0.2) is 64.6 Å². The molecule has 0 N–H and O–H groups in total. The lowest BCUT2D eigenvalue weighted by Crippen LogP contribution is -2.02. The zero-order chi connectivity index (χ0) is 22.5. The standard InChI is InChI=1S/C21H13N3O7/c1-30-16-5-7-18(19(11-16)24(28)29)20-8-6-17(31-20)10-14(12-22)21(25)13-3-2-4-15(9-13)23(26)27/h2-11H,1H3/b14-10+. The fourth-order valence-corrected chi connectivity index (χ4v) is 2.78. The number of nitro benzene ring substituents is 2. The molecule has 0 fully saturated rings. The molecule has 0 saturated carbocycles. The number of nitro groups is 2. The second-order valence-corrected chi connectivity index (χ2v) is 6.15. The van der Waals surface area contributed by atoms with Crippen LogP contribution in [-0.2, 0) is 0 Å². The Balaban J connectivity index is 1.96. The number of hydrogen-bond donors (Lipinski definition) is 0. The van der Waals surface area contributed by atoms with Gasteiger partial charge >= 0.3 is 0 Å². The van der Waals surface area contributed by atoms with E-state index in [1.54, 1.807) is 6.07 Å². The number of allylic oxidation sites excluding steroid dienone is 1. The summed E-state index contributed by atoms with van der Waals surface area (Å²) in [5.74, 6) is -0.160. The molecule has 0 spiro atoms. The molecule has 0 unspecified atom stereocenters. The van der Waals surface area contributed by atoms with Crippen molar-refractivity contribution in [1.29, 1.82) is 5.26 Å². The largest absolute Gasteiger partial charge is 0.497 e. The molecular weight excluding hydrogens is 406 g/mol. The highest BCUT2D eigenvalue weighted by Crippen LogP contribution is 2.34. The molecule has 1 heterocycles. The van der Waals surface area contributed by atoms with Gasteiger partial charge in [0.25, 0.3) is 11.4 Å². The molecular formula is C21H13N3O7. The first-order chi connectivity index (χ1) is 14.8. The van der Waals surface area contributed by atoms with Crippen molar-refractivity contribution in [2.75, 3.05) is 7.11 Å². The molecule has 0 atom stereocenters. The summed E-state index contributed by atoms with van der Waals surface area (Å²) in [6.45, 7) is 0. The second-order valence-electron chi connectivity index (χ2n) is 6.15. The minimum atomic E-state index is -0.723. The summed E-state index contributed by atoms with van der Waals surface area (Å²) in [6, 6.07) is 13.9. The summed E-state index contributed by atoms with van der Waals surface area (Å²) in [6.07, 6.45) is 1.17. The number of methoxy groups -OCH3 is 1. The average Bonchev–Trinajstić information content (AvgIpc) is 3.25. The molecule has 10 nitrogen and oxygen atoms in total. The van der Waals surface area contributed by atoms with Crippen molar-refractivity contribution in [1.82, 2.24) is 0 Å². The van der Waals surface area contributed by atoms with E-state index in [-0.39, 0.29) is 39.6 Å². The molecule has 1 aromatic heterocycles. The maximum Gasteiger partial charge on any atom is 0.284 e. The maximum absolute atomic E-state index is 12.6. The highest BCUT2D eigenvalue weighted by molar-refractivity contribution is 6.14. The van der Waals surface area contributed by atoms with Crippen LogP contribution in [0.2, 0.25) is 0 Å². The van der Waals surface area contributed by atoms with Crippen molar-refractivity contribution in [2.45, 2.75) is 0 Å².